The second kappa shape index (κ2) is 5.64. The third-order valence-corrected chi connectivity index (χ3v) is 4.18. The van der Waals surface area contributed by atoms with Crippen LogP contribution in [0.4, 0.5) is 11.5 Å². The molecule has 0 saturated heterocycles. The first kappa shape index (κ1) is 16.0. The molecule has 0 atom stereocenters. The minimum absolute atomic E-state index is 0.264. The van der Waals surface area contributed by atoms with Crippen molar-refractivity contribution in [2.24, 2.45) is 0 Å². The summed E-state index contributed by atoms with van der Waals surface area (Å²) in [5.74, 6) is -0.125. The van der Waals surface area contributed by atoms with E-state index in [9.17, 15) is 13.2 Å². The SMILES string of the molecule is Cc1ccc(C(=O)n2nc(N)c3ccccc32)cc1NS(C)(=O)=O. The van der Waals surface area contributed by atoms with Crippen molar-refractivity contribution in [1.29, 1.82) is 0 Å². The molecule has 2 aromatic carbocycles. The van der Waals surface area contributed by atoms with Crippen molar-refractivity contribution in [3.8, 4) is 0 Å². The summed E-state index contributed by atoms with van der Waals surface area (Å²) in [6.07, 6.45) is 1.06. The standard InChI is InChI=1S/C16H16N4O3S/c1-10-7-8-11(9-13(10)19-24(2,22)23)16(21)20-14-6-4-3-5-12(14)15(17)18-20/h3-9,19H,1-2H3,(H2,17,18). The number of hydrogen-bond acceptors (Lipinski definition) is 5. The van der Waals surface area contributed by atoms with Crippen LogP contribution < -0.4 is 10.5 Å². The molecule has 0 unspecified atom stereocenters. The Labute approximate surface area is 139 Å². The van der Waals surface area contributed by atoms with E-state index in [4.69, 9.17) is 5.73 Å². The van der Waals surface area contributed by atoms with Gasteiger partial charge in [-0.3, -0.25) is 9.52 Å². The summed E-state index contributed by atoms with van der Waals surface area (Å²) in [5.41, 5.74) is 7.82. The lowest BCUT2D eigenvalue weighted by Gasteiger charge is -2.10. The first-order chi connectivity index (χ1) is 11.3. The summed E-state index contributed by atoms with van der Waals surface area (Å²) in [5, 5.41) is 4.79. The predicted molar refractivity (Wildman–Crippen MR) is 93.5 cm³/mol. The quantitative estimate of drug-likeness (QED) is 0.755. The Balaban J connectivity index is 2.08. The van der Waals surface area contributed by atoms with Crippen molar-refractivity contribution >= 4 is 38.3 Å². The topological polar surface area (TPSA) is 107 Å². The fourth-order valence-corrected chi connectivity index (χ4v) is 3.05. The van der Waals surface area contributed by atoms with Crippen LogP contribution in [0.2, 0.25) is 0 Å². The minimum atomic E-state index is -3.44. The number of carbonyl (C=O) groups excluding carboxylic acids is 1. The van der Waals surface area contributed by atoms with Gasteiger partial charge in [-0.1, -0.05) is 18.2 Å². The lowest BCUT2D eigenvalue weighted by atomic mass is 10.1. The van der Waals surface area contributed by atoms with Gasteiger partial charge in [-0.05, 0) is 36.8 Å². The molecule has 3 N–H and O–H groups in total. The Bertz CT molecular complexity index is 1050. The van der Waals surface area contributed by atoms with Gasteiger partial charge in [0.2, 0.25) is 10.0 Å². The summed E-state index contributed by atoms with van der Waals surface area (Å²) in [6.45, 7) is 1.75. The largest absolute Gasteiger partial charge is 0.382 e. The number of carbonyl (C=O) groups is 1. The zero-order valence-electron chi connectivity index (χ0n) is 13.1. The lowest BCUT2D eigenvalue weighted by Crippen LogP contribution is -2.15. The van der Waals surface area contributed by atoms with Gasteiger partial charge in [-0.2, -0.15) is 4.68 Å². The van der Waals surface area contributed by atoms with Crippen molar-refractivity contribution in [1.82, 2.24) is 9.78 Å². The van der Waals surface area contributed by atoms with Crippen LogP contribution in [-0.2, 0) is 10.0 Å². The van der Waals surface area contributed by atoms with E-state index in [0.717, 1.165) is 6.26 Å². The second-order valence-electron chi connectivity index (χ2n) is 5.52. The second-order valence-corrected chi connectivity index (χ2v) is 7.27. The molecule has 0 bridgehead atoms. The van der Waals surface area contributed by atoms with E-state index in [1.807, 2.05) is 6.07 Å². The van der Waals surface area contributed by atoms with E-state index < -0.39 is 10.0 Å². The number of aryl methyl sites for hydroxylation is 1. The number of nitrogens with zero attached hydrogens (tertiary/aromatic N) is 2. The molecule has 124 valence electrons. The van der Waals surface area contributed by atoms with E-state index in [2.05, 4.69) is 9.82 Å². The van der Waals surface area contributed by atoms with E-state index in [-0.39, 0.29) is 11.7 Å². The molecular formula is C16H16N4O3S. The van der Waals surface area contributed by atoms with Gasteiger partial charge in [0.1, 0.15) is 0 Å². The van der Waals surface area contributed by atoms with Crippen molar-refractivity contribution < 1.29 is 13.2 Å². The maximum Gasteiger partial charge on any atom is 0.278 e. The number of para-hydroxylation sites is 1. The van der Waals surface area contributed by atoms with E-state index in [0.29, 0.717) is 27.7 Å². The van der Waals surface area contributed by atoms with Gasteiger partial charge < -0.3 is 5.73 Å². The van der Waals surface area contributed by atoms with Gasteiger partial charge in [0, 0.05) is 10.9 Å². The molecule has 0 amide bonds. The summed E-state index contributed by atoms with van der Waals surface area (Å²) >= 11 is 0. The maximum absolute atomic E-state index is 12.8. The number of nitrogen functional groups attached to an aromatic ring is 1. The number of fused-ring (bicyclic) bond motifs is 1. The van der Waals surface area contributed by atoms with Crippen molar-refractivity contribution in [3.05, 3.63) is 53.6 Å². The summed E-state index contributed by atoms with van der Waals surface area (Å²) in [7, 11) is -3.44. The zero-order valence-corrected chi connectivity index (χ0v) is 14.0. The Kier molecular flexibility index (Phi) is 3.76. The Morgan fingerprint density at radius 1 is 1.21 bits per heavy atom. The molecule has 0 fully saturated rings. The average Bonchev–Trinajstić information content (AvgIpc) is 2.85. The third-order valence-electron chi connectivity index (χ3n) is 3.59. The van der Waals surface area contributed by atoms with E-state index >= 15 is 0 Å². The Hall–Kier alpha value is -2.87. The zero-order chi connectivity index (χ0) is 17.5. The number of anilines is 2. The van der Waals surface area contributed by atoms with E-state index in [1.54, 1.807) is 37.3 Å². The minimum Gasteiger partial charge on any atom is -0.382 e. The number of rotatable bonds is 3. The molecule has 0 saturated carbocycles. The molecular weight excluding hydrogens is 328 g/mol. The number of nitrogens with one attached hydrogen (secondary N) is 1. The number of benzene rings is 2. The monoisotopic (exact) mass is 344 g/mol. The van der Waals surface area contributed by atoms with Gasteiger partial charge in [-0.25, -0.2) is 8.42 Å². The van der Waals surface area contributed by atoms with Gasteiger partial charge in [0.15, 0.2) is 5.82 Å². The number of aromatic nitrogens is 2. The molecule has 8 heteroatoms. The van der Waals surface area contributed by atoms with Gasteiger partial charge in [0.05, 0.1) is 17.5 Å². The smallest absolute Gasteiger partial charge is 0.278 e. The number of hydrogen-bond donors (Lipinski definition) is 2. The highest BCUT2D eigenvalue weighted by molar-refractivity contribution is 7.92. The van der Waals surface area contributed by atoms with Crippen LogP contribution in [0.15, 0.2) is 42.5 Å². The molecule has 1 aromatic heterocycles. The van der Waals surface area contributed by atoms with Crippen LogP contribution in [0.25, 0.3) is 10.9 Å². The first-order valence-corrected chi connectivity index (χ1v) is 9.02. The van der Waals surface area contributed by atoms with Crippen LogP contribution >= 0.6 is 0 Å². The molecule has 0 aliphatic heterocycles. The molecule has 7 nitrogen and oxygen atoms in total. The van der Waals surface area contributed by atoms with Gasteiger partial charge >= 0.3 is 0 Å². The Morgan fingerprint density at radius 3 is 2.62 bits per heavy atom. The fraction of sp³-hybridized carbons (Fsp3) is 0.125. The molecule has 3 aromatic rings. The third kappa shape index (κ3) is 2.95. The summed E-state index contributed by atoms with van der Waals surface area (Å²) < 4.78 is 26.5. The molecule has 24 heavy (non-hydrogen) atoms. The molecule has 0 aliphatic carbocycles. The van der Waals surface area contributed by atoms with Crippen LogP contribution in [0.3, 0.4) is 0 Å². The van der Waals surface area contributed by atoms with Crippen LogP contribution in [0, 0.1) is 6.92 Å². The predicted octanol–water partition coefficient (Wildman–Crippen LogP) is 1.99. The fourth-order valence-electron chi connectivity index (χ4n) is 2.43. The van der Waals surface area contributed by atoms with Gasteiger partial charge in [-0.15, -0.1) is 5.10 Å². The van der Waals surface area contributed by atoms with Crippen LogP contribution in [0.1, 0.15) is 15.9 Å². The van der Waals surface area contributed by atoms with E-state index in [1.165, 1.54) is 10.7 Å². The first-order valence-electron chi connectivity index (χ1n) is 7.12. The highest BCUT2D eigenvalue weighted by Crippen LogP contribution is 2.23. The molecule has 3 rings (SSSR count). The summed E-state index contributed by atoms with van der Waals surface area (Å²) in [6, 6.07) is 11.9. The molecule has 0 spiro atoms. The van der Waals surface area contributed by atoms with Gasteiger partial charge in [0.25, 0.3) is 5.91 Å². The summed E-state index contributed by atoms with van der Waals surface area (Å²) in [4.78, 5) is 12.8. The number of sulfonamides is 1. The molecule has 0 radical (unpaired) electrons. The average molecular weight is 344 g/mol. The highest BCUT2D eigenvalue weighted by Gasteiger charge is 2.17. The van der Waals surface area contributed by atoms with Crippen LogP contribution in [0.5, 0.6) is 0 Å². The maximum atomic E-state index is 12.8. The van der Waals surface area contributed by atoms with Crippen molar-refractivity contribution in [2.45, 2.75) is 6.92 Å². The van der Waals surface area contributed by atoms with Crippen molar-refractivity contribution in [2.75, 3.05) is 16.7 Å². The lowest BCUT2D eigenvalue weighted by molar-refractivity contribution is 0.0951. The van der Waals surface area contributed by atoms with Crippen molar-refractivity contribution in [3.63, 3.8) is 0 Å². The number of nitrogens with two attached hydrogens (primary N) is 1. The highest BCUT2D eigenvalue weighted by atomic mass is 32.2. The van der Waals surface area contributed by atoms with Crippen LogP contribution in [-0.4, -0.2) is 30.4 Å². The molecule has 0 aliphatic rings. The Morgan fingerprint density at radius 2 is 1.92 bits per heavy atom. The normalized spacial score (nSPS) is 11.6. The molecule has 1 heterocycles.